The molecule has 1 fully saturated rings. The Morgan fingerprint density at radius 2 is 1.85 bits per heavy atom. The van der Waals surface area contributed by atoms with Crippen molar-refractivity contribution >= 4 is 27.5 Å². The molecule has 2 heterocycles. The molecule has 0 saturated heterocycles. The third-order valence-corrected chi connectivity index (χ3v) is 6.56. The van der Waals surface area contributed by atoms with Gasteiger partial charge in [0.1, 0.15) is 4.83 Å². The molecule has 5 heteroatoms. The number of aryl methyl sites for hydroxylation is 2. The number of carbonyl (C=O) groups excluding carboxylic acids is 1. The lowest BCUT2D eigenvalue weighted by Gasteiger charge is -2.20. The summed E-state index contributed by atoms with van der Waals surface area (Å²) in [6.45, 7) is 4.09. The molecule has 1 amide bonds. The quantitative estimate of drug-likeness (QED) is 0.647. The Morgan fingerprint density at radius 1 is 1.11 bits per heavy atom. The van der Waals surface area contributed by atoms with Crippen LogP contribution in [-0.4, -0.2) is 21.7 Å². The number of carbonyl (C=O) groups is 1. The molecule has 2 aromatic heterocycles. The van der Waals surface area contributed by atoms with E-state index in [1.54, 1.807) is 0 Å². The van der Waals surface area contributed by atoms with Crippen molar-refractivity contribution in [2.45, 2.75) is 64.8 Å². The minimum atomic E-state index is 0.0666. The lowest BCUT2D eigenvalue weighted by molar-refractivity contribution is 0.0934. The van der Waals surface area contributed by atoms with Crippen LogP contribution in [-0.2, 0) is 0 Å². The molecule has 3 aromatic rings. The van der Waals surface area contributed by atoms with Crippen LogP contribution in [0.3, 0.4) is 0 Å². The zero-order valence-electron chi connectivity index (χ0n) is 16.1. The van der Waals surface area contributed by atoms with Gasteiger partial charge in [0.25, 0.3) is 5.91 Å². The van der Waals surface area contributed by atoms with Gasteiger partial charge < -0.3 is 5.32 Å². The normalized spacial score (nSPS) is 16.2. The first-order valence-corrected chi connectivity index (χ1v) is 10.8. The minimum Gasteiger partial charge on any atom is -0.349 e. The second-order valence-electron chi connectivity index (χ2n) is 7.68. The molecular formula is C22H27N3OS. The predicted octanol–water partition coefficient (Wildman–Crippen LogP) is 5.55. The van der Waals surface area contributed by atoms with E-state index in [0.717, 1.165) is 39.3 Å². The topological polar surface area (TPSA) is 46.9 Å². The van der Waals surface area contributed by atoms with Gasteiger partial charge in [-0.15, -0.1) is 11.3 Å². The zero-order chi connectivity index (χ0) is 18.8. The summed E-state index contributed by atoms with van der Waals surface area (Å²) in [6.07, 6.45) is 8.57. The highest BCUT2D eigenvalue weighted by atomic mass is 32.1. The van der Waals surface area contributed by atoms with Gasteiger partial charge in [-0.3, -0.25) is 4.79 Å². The maximum absolute atomic E-state index is 12.9. The van der Waals surface area contributed by atoms with Crippen LogP contribution in [0.15, 0.2) is 30.3 Å². The summed E-state index contributed by atoms with van der Waals surface area (Å²) in [6, 6.07) is 10.6. The average Bonchev–Trinajstić information content (AvgIpc) is 3.18. The van der Waals surface area contributed by atoms with Gasteiger partial charge in [-0.2, -0.15) is 5.10 Å². The van der Waals surface area contributed by atoms with E-state index < -0.39 is 0 Å². The van der Waals surface area contributed by atoms with E-state index in [4.69, 9.17) is 5.10 Å². The van der Waals surface area contributed by atoms with Gasteiger partial charge in [-0.05, 0) is 50.5 Å². The molecule has 1 aliphatic rings. The third-order valence-electron chi connectivity index (χ3n) is 5.46. The minimum absolute atomic E-state index is 0.0666. The van der Waals surface area contributed by atoms with Gasteiger partial charge in [0.2, 0.25) is 0 Å². The first kappa shape index (κ1) is 18.2. The van der Waals surface area contributed by atoms with Crippen LogP contribution in [0.5, 0.6) is 0 Å². The lowest BCUT2D eigenvalue weighted by Crippen LogP contribution is -2.34. The second-order valence-corrected chi connectivity index (χ2v) is 8.71. The van der Waals surface area contributed by atoms with Crippen molar-refractivity contribution in [2.24, 2.45) is 0 Å². The van der Waals surface area contributed by atoms with Gasteiger partial charge in [0.05, 0.1) is 16.3 Å². The Balaban J connectivity index is 1.59. The molecule has 142 valence electrons. The van der Waals surface area contributed by atoms with Crippen molar-refractivity contribution in [3.05, 3.63) is 46.5 Å². The highest BCUT2D eigenvalue weighted by Crippen LogP contribution is 2.31. The summed E-state index contributed by atoms with van der Waals surface area (Å²) in [5.41, 5.74) is 3.21. The fourth-order valence-electron chi connectivity index (χ4n) is 3.95. The smallest absolute Gasteiger partial charge is 0.261 e. The Labute approximate surface area is 164 Å². The summed E-state index contributed by atoms with van der Waals surface area (Å²) >= 11 is 1.54. The number of rotatable bonds is 3. The van der Waals surface area contributed by atoms with E-state index in [1.165, 1.54) is 49.0 Å². The van der Waals surface area contributed by atoms with E-state index in [0.29, 0.717) is 6.04 Å². The molecular weight excluding hydrogens is 354 g/mol. The highest BCUT2D eigenvalue weighted by Gasteiger charge is 2.20. The number of fused-ring (bicyclic) bond motifs is 1. The molecule has 4 nitrogen and oxygen atoms in total. The van der Waals surface area contributed by atoms with Crippen LogP contribution in [0.2, 0.25) is 0 Å². The van der Waals surface area contributed by atoms with E-state index in [1.807, 2.05) is 23.7 Å². The Kier molecular flexibility index (Phi) is 5.30. The lowest BCUT2D eigenvalue weighted by atomic mass is 9.97. The number of benzene rings is 1. The van der Waals surface area contributed by atoms with Crippen LogP contribution < -0.4 is 5.32 Å². The van der Waals surface area contributed by atoms with E-state index in [9.17, 15) is 4.79 Å². The van der Waals surface area contributed by atoms with Crippen LogP contribution in [0.4, 0.5) is 0 Å². The van der Waals surface area contributed by atoms with Crippen molar-refractivity contribution in [2.75, 3.05) is 0 Å². The van der Waals surface area contributed by atoms with Gasteiger partial charge in [0.15, 0.2) is 0 Å². The van der Waals surface area contributed by atoms with Gasteiger partial charge in [0, 0.05) is 11.4 Å². The molecule has 0 atom stereocenters. The Hall–Kier alpha value is -2.14. The summed E-state index contributed by atoms with van der Waals surface area (Å²) < 4.78 is 1.97. The zero-order valence-corrected chi connectivity index (χ0v) is 16.9. The Bertz CT molecular complexity index is 948. The summed E-state index contributed by atoms with van der Waals surface area (Å²) in [5.74, 6) is 0.0666. The average molecular weight is 382 g/mol. The van der Waals surface area contributed by atoms with E-state index in [2.05, 4.69) is 30.4 Å². The SMILES string of the molecule is Cc1cccc(-n2nc(C)c3cc(C(=O)NC4CCCCCCC4)sc32)c1. The summed E-state index contributed by atoms with van der Waals surface area (Å²) in [5, 5.41) is 9.05. The first-order chi connectivity index (χ1) is 13.1. The Morgan fingerprint density at radius 3 is 2.59 bits per heavy atom. The van der Waals surface area contributed by atoms with Gasteiger partial charge in [-0.1, -0.05) is 44.2 Å². The van der Waals surface area contributed by atoms with Crippen LogP contribution >= 0.6 is 11.3 Å². The monoisotopic (exact) mass is 381 g/mol. The number of hydrogen-bond donors (Lipinski definition) is 1. The van der Waals surface area contributed by atoms with Crippen molar-refractivity contribution < 1.29 is 4.79 Å². The van der Waals surface area contributed by atoms with Crippen LogP contribution in [0.25, 0.3) is 15.9 Å². The van der Waals surface area contributed by atoms with E-state index in [-0.39, 0.29) is 5.91 Å². The maximum Gasteiger partial charge on any atom is 0.261 e. The van der Waals surface area contributed by atoms with Crippen LogP contribution in [0.1, 0.15) is 65.9 Å². The number of nitrogens with zero attached hydrogens (tertiary/aromatic N) is 2. The molecule has 0 spiro atoms. The molecule has 1 saturated carbocycles. The highest BCUT2D eigenvalue weighted by molar-refractivity contribution is 7.20. The predicted molar refractivity (Wildman–Crippen MR) is 112 cm³/mol. The van der Waals surface area contributed by atoms with Gasteiger partial charge >= 0.3 is 0 Å². The molecule has 4 rings (SSSR count). The standard InChI is InChI=1S/C22H27N3OS/c1-15-9-8-12-18(13-15)25-22-19(16(2)24-25)14-20(27-22)21(26)23-17-10-6-4-3-5-7-11-17/h8-9,12-14,17H,3-7,10-11H2,1-2H3,(H,23,26). The second kappa shape index (κ2) is 7.85. The summed E-state index contributed by atoms with van der Waals surface area (Å²) in [4.78, 5) is 14.7. The molecule has 0 aliphatic heterocycles. The number of hydrogen-bond acceptors (Lipinski definition) is 3. The number of thiophene rings is 1. The molecule has 0 bridgehead atoms. The molecule has 1 aromatic carbocycles. The van der Waals surface area contributed by atoms with Gasteiger partial charge in [-0.25, -0.2) is 4.68 Å². The number of amides is 1. The largest absolute Gasteiger partial charge is 0.349 e. The fourth-order valence-corrected chi connectivity index (χ4v) is 5.04. The van der Waals surface area contributed by atoms with Crippen molar-refractivity contribution in [1.29, 1.82) is 0 Å². The van der Waals surface area contributed by atoms with E-state index >= 15 is 0 Å². The maximum atomic E-state index is 12.9. The molecule has 0 unspecified atom stereocenters. The van der Waals surface area contributed by atoms with Crippen molar-refractivity contribution in [3.8, 4) is 5.69 Å². The molecule has 1 N–H and O–H groups in total. The third kappa shape index (κ3) is 3.93. The summed E-state index contributed by atoms with van der Waals surface area (Å²) in [7, 11) is 0. The van der Waals surface area contributed by atoms with Crippen molar-refractivity contribution in [1.82, 2.24) is 15.1 Å². The van der Waals surface area contributed by atoms with Crippen LogP contribution in [0, 0.1) is 13.8 Å². The number of aromatic nitrogens is 2. The van der Waals surface area contributed by atoms with Crippen molar-refractivity contribution in [3.63, 3.8) is 0 Å². The first-order valence-electron chi connectivity index (χ1n) is 9.99. The fraction of sp³-hybridized carbons (Fsp3) is 0.455. The molecule has 27 heavy (non-hydrogen) atoms. The number of nitrogens with one attached hydrogen (secondary N) is 1. The molecule has 1 aliphatic carbocycles. The molecule has 0 radical (unpaired) electrons.